The summed E-state index contributed by atoms with van der Waals surface area (Å²) >= 11 is 0. The standard InChI is InChI=1S/C15H32N2O/c1-2-18-15-9-6-10-16-11-14-17-12-7-4-3-5-8-13-17/h16H,2-15H2,1H3. The van der Waals surface area contributed by atoms with Crippen LogP contribution in [0.3, 0.4) is 0 Å². The molecule has 0 aromatic rings. The molecule has 0 aliphatic carbocycles. The zero-order valence-corrected chi connectivity index (χ0v) is 12.3. The van der Waals surface area contributed by atoms with Gasteiger partial charge in [0.1, 0.15) is 0 Å². The molecule has 1 saturated heterocycles. The molecular weight excluding hydrogens is 224 g/mol. The summed E-state index contributed by atoms with van der Waals surface area (Å²) < 4.78 is 5.32. The second-order valence-corrected chi connectivity index (χ2v) is 5.26. The van der Waals surface area contributed by atoms with Crippen molar-refractivity contribution in [3.63, 3.8) is 0 Å². The van der Waals surface area contributed by atoms with E-state index in [1.807, 2.05) is 0 Å². The fourth-order valence-electron chi connectivity index (χ4n) is 2.50. The van der Waals surface area contributed by atoms with Gasteiger partial charge in [-0.2, -0.15) is 0 Å². The van der Waals surface area contributed by atoms with Crippen LogP contribution in [-0.2, 0) is 4.74 Å². The van der Waals surface area contributed by atoms with Gasteiger partial charge in [-0.1, -0.05) is 19.3 Å². The Hall–Kier alpha value is -0.120. The monoisotopic (exact) mass is 256 g/mol. The van der Waals surface area contributed by atoms with Crippen LogP contribution in [0.15, 0.2) is 0 Å². The second kappa shape index (κ2) is 11.9. The largest absolute Gasteiger partial charge is 0.382 e. The van der Waals surface area contributed by atoms with Gasteiger partial charge < -0.3 is 15.0 Å². The average Bonchev–Trinajstić information content (AvgIpc) is 2.34. The maximum atomic E-state index is 5.32. The molecule has 0 amide bonds. The molecule has 0 saturated carbocycles. The van der Waals surface area contributed by atoms with E-state index < -0.39 is 0 Å². The van der Waals surface area contributed by atoms with Crippen LogP contribution < -0.4 is 5.32 Å². The third kappa shape index (κ3) is 8.90. The Kier molecular flexibility index (Phi) is 10.6. The first-order valence-electron chi connectivity index (χ1n) is 7.94. The van der Waals surface area contributed by atoms with E-state index in [1.54, 1.807) is 0 Å². The molecule has 3 nitrogen and oxygen atoms in total. The molecule has 0 aromatic heterocycles. The summed E-state index contributed by atoms with van der Waals surface area (Å²) in [6, 6.07) is 0. The first-order valence-corrected chi connectivity index (χ1v) is 7.94. The molecule has 18 heavy (non-hydrogen) atoms. The summed E-state index contributed by atoms with van der Waals surface area (Å²) in [7, 11) is 0. The molecule has 1 heterocycles. The predicted molar refractivity (Wildman–Crippen MR) is 78.1 cm³/mol. The molecule has 3 heteroatoms. The predicted octanol–water partition coefficient (Wildman–Crippen LogP) is 2.66. The van der Waals surface area contributed by atoms with Gasteiger partial charge in [0.05, 0.1) is 0 Å². The SMILES string of the molecule is CCOCCCCNCCN1CCCCCCC1. The van der Waals surface area contributed by atoms with Crippen molar-refractivity contribution in [1.29, 1.82) is 0 Å². The van der Waals surface area contributed by atoms with Crippen molar-refractivity contribution in [2.24, 2.45) is 0 Å². The Morgan fingerprint density at radius 1 is 0.944 bits per heavy atom. The van der Waals surface area contributed by atoms with Gasteiger partial charge in [0.15, 0.2) is 0 Å². The quantitative estimate of drug-likeness (QED) is 0.642. The molecule has 0 radical (unpaired) electrons. The summed E-state index contributed by atoms with van der Waals surface area (Å²) in [4.78, 5) is 2.63. The fourth-order valence-corrected chi connectivity index (χ4v) is 2.50. The molecule has 108 valence electrons. The average molecular weight is 256 g/mol. The summed E-state index contributed by atoms with van der Waals surface area (Å²) in [6.45, 7) is 9.97. The van der Waals surface area contributed by atoms with Crippen LogP contribution in [0.1, 0.15) is 51.9 Å². The van der Waals surface area contributed by atoms with Crippen LogP contribution in [-0.4, -0.2) is 50.8 Å². The molecule has 1 aliphatic heterocycles. The molecule has 0 aromatic carbocycles. The summed E-state index contributed by atoms with van der Waals surface area (Å²) in [5.74, 6) is 0. The Balaban J connectivity index is 1.86. The van der Waals surface area contributed by atoms with Crippen LogP contribution in [0, 0.1) is 0 Å². The number of nitrogens with zero attached hydrogens (tertiary/aromatic N) is 1. The molecule has 0 bridgehead atoms. The van der Waals surface area contributed by atoms with Crippen LogP contribution >= 0.6 is 0 Å². The number of unbranched alkanes of at least 4 members (excludes halogenated alkanes) is 1. The Morgan fingerprint density at radius 3 is 2.39 bits per heavy atom. The molecule has 1 fully saturated rings. The van der Waals surface area contributed by atoms with Crippen LogP contribution in [0.25, 0.3) is 0 Å². The highest BCUT2D eigenvalue weighted by Gasteiger charge is 2.06. The molecule has 0 atom stereocenters. The van der Waals surface area contributed by atoms with Gasteiger partial charge in [-0.15, -0.1) is 0 Å². The Labute approximate surface area is 113 Å². The molecule has 1 aliphatic rings. The minimum absolute atomic E-state index is 0.850. The maximum absolute atomic E-state index is 5.32. The normalized spacial score (nSPS) is 18.5. The number of ether oxygens (including phenoxy) is 1. The van der Waals surface area contributed by atoms with E-state index in [-0.39, 0.29) is 0 Å². The van der Waals surface area contributed by atoms with Gasteiger partial charge in [-0.3, -0.25) is 0 Å². The zero-order chi connectivity index (χ0) is 12.9. The van der Waals surface area contributed by atoms with Crippen molar-refractivity contribution in [3.05, 3.63) is 0 Å². The van der Waals surface area contributed by atoms with Gasteiger partial charge in [0.25, 0.3) is 0 Å². The zero-order valence-electron chi connectivity index (χ0n) is 12.3. The van der Waals surface area contributed by atoms with Gasteiger partial charge in [-0.05, 0) is 52.2 Å². The third-order valence-corrected chi connectivity index (χ3v) is 3.65. The van der Waals surface area contributed by atoms with Crippen LogP contribution in [0.5, 0.6) is 0 Å². The number of rotatable bonds is 9. The van der Waals surface area contributed by atoms with E-state index in [0.29, 0.717) is 0 Å². The first kappa shape index (κ1) is 15.9. The number of hydrogen-bond donors (Lipinski definition) is 1. The lowest BCUT2D eigenvalue weighted by Crippen LogP contribution is -2.34. The lowest BCUT2D eigenvalue weighted by molar-refractivity contribution is 0.143. The van der Waals surface area contributed by atoms with E-state index >= 15 is 0 Å². The van der Waals surface area contributed by atoms with Gasteiger partial charge in [-0.25, -0.2) is 0 Å². The lowest BCUT2D eigenvalue weighted by Gasteiger charge is -2.24. The highest BCUT2D eigenvalue weighted by atomic mass is 16.5. The minimum Gasteiger partial charge on any atom is -0.382 e. The van der Waals surface area contributed by atoms with E-state index in [4.69, 9.17) is 4.74 Å². The lowest BCUT2D eigenvalue weighted by atomic mass is 10.1. The van der Waals surface area contributed by atoms with E-state index in [9.17, 15) is 0 Å². The Bertz CT molecular complexity index is 168. The van der Waals surface area contributed by atoms with Crippen LogP contribution in [0.2, 0.25) is 0 Å². The van der Waals surface area contributed by atoms with Gasteiger partial charge in [0.2, 0.25) is 0 Å². The van der Waals surface area contributed by atoms with Crippen molar-refractivity contribution < 1.29 is 4.74 Å². The molecular formula is C15H32N2O. The number of likely N-dealkylation sites (tertiary alicyclic amines) is 1. The van der Waals surface area contributed by atoms with Gasteiger partial charge >= 0.3 is 0 Å². The number of hydrogen-bond acceptors (Lipinski definition) is 3. The van der Waals surface area contributed by atoms with E-state index in [2.05, 4.69) is 17.1 Å². The van der Waals surface area contributed by atoms with Crippen LogP contribution in [0.4, 0.5) is 0 Å². The summed E-state index contributed by atoms with van der Waals surface area (Å²) in [6.07, 6.45) is 9.53. The molecule has 1 N–H and O–H groups in total. The molecule has 0 spiro atoms. The topological polar surface area (TPSA) is 24.5 Å². The van der Waals surface area contributed by atoms with E-state index in [1.165, 1.54) is 64.6 Å². The fraction of sp³-hybridized carbons (Fsp3) is 1.00. The first-order chi connectivity index (χ1) is 8.93. The second-order valence-electron chi connectivity index (χ2n) is 5.26. The van der Waals surface area contributed by atoms with Crippen molar-refractivity contribution >= 4 is 0 Å². The van der Waals surface area contributed by atoms with E-state index in [0.717, 1.165) is 26.3 Å². The smallest absolute Gasteiger partial charge is 0.0466 e. The van der Waals surface area contributed by atoms with Crippen molar-refractivity contribution in [1.82, 2.24) is 10.2 Å². The van der Waals surface area contributed by atoms with Crippen molar-refractivity contribution in [2.75, 3.05) is 45.9 Å². The Morgan fingerprint density at radius 2 is 1.67 bits per heavy atom. The summed E-state index contributed by atoms with van der Waals surface area (Å²) in [5.41, 5.74) is 0. The van der Waals surface area contributed by atoms with Crippen molar-refractivity contribution in [3.8, 4) is 0 Å². The highest BCUT2D eigenvalue weighted by Crippen LogP contribution is 2.09. The minimum atomic E-state index is 0.850. The van der Waals surface area contributed by atoms with Crippen molar-refractivity contribution in [2.45, 2.75) is 51.9 Å². The van der Waals surface area contributed by atoms with Gasteiger partial charge in [0, 0.05) is 26.3 Å². The third-order valence-electron chi connectivity index (χ3n) is 3.65. The summed E-state index contributed by atoms with van der Waals surface area (Å²) in [5, 5.41) is 3.55. The molecule has 1 rings (SSSR count). The molecule has 0 unspecified atom stereocenters. The maximum Gasteiger partial charge on any atom is 0.0466 e. The number of nitrogens with one attached hydrogen (secondary N) is 1. The highest BCUT2D eigenvalue weighted by molar-refractivity contribution is 4.63.